The SMILES string of the molecule is COC(=O)C1=Cc2oc3ccccc3c2C1. The minimum atomic E-state index is -0.282. The quantitative estimate of drug-likeness (QED) is 0.685. The predicted molar refractivity (Wildman–Crippen MR) is 59.9 cm³/mol. The molecule has 1 aliphatic carbocycles. The predicted octanol–water partition coefficient (Wildman–Crippen LogP) is 2.55. The van der Waals surface area contributed by atoms with Crippen LogP contribution in [-0.2, 0) is 16.0 Å². The van der Waals surface area contributed by atoms with Gasteiger partial charge in [0, 0.05) is 22.9 Å². The molecule has 0 bridgehead atoms. The van der Waals surface area contributed by atoms with Gasteiger partial charge in [0.2, 0.25) is 0 Å². The molecule has 0 aliphatic heterocycles. The van der Waals surface area contributed by atoms with E-state index in [1.54, 1.807) is 6.08 Å². The third-order valence-corrected chi connectivity index (χ3v) is 2.85. The second-order valence-electron chi connectivity index (χ2n) is 3.78. The van der Waals surface area contributed by atoms with Crippen LogP contribution in [0.5, 0.6) is 0 Å². The van der Waals surface area contributed by atoms with Crippen molar-refractivity contribution in [3.63, 3.8) is 0 Å². The molecule has 1 heterocycles. The largest absolute Gasteiger partial charge is 0.466 e. The second-order valence-corrected chi connectivity index (χ2v) is 3.78. The number of hydrogen-bond acceptors (Lipinski definition) is 3. The molecule has 1 aromatic heterocycles. The lowest BCUT2D eigenvalue weighted by Gasteiger charge is -1.98. The van der Waals surface area contributed by atoms with Crippen molar-refractivity contribution in [2.45, 2.75) is 6.42 Å². The summed E-state index contributed by atoms with van der Waals surface area (Å²) in [4.78, 5) is 11.4. The summed E-state index contributed by atoms with van der Waals surface area (Å²) < 4.78 is 10.3. The van der Waals surface area contributed by atoms with Crippen molar-refractivity contribution in [2.75, 3.05) is 7.11 Å². The first-order chi connectivity index (χ1) is 7.79. The highest BCUT2D eigenvalue weighted by molar-refractivity contribution is 5.99. The molecule has 0 atom stereocenters. The third-order valence-electron chi connectivity index (χ3n) is 2.85. The number of hydrogen-bond donors (Lipinski definition) is 0. The van der Waals surface area contributed by atoms with Crippen LogP contribution in [0.25, 0.3) is 17.0 Å². The average Bonchev–Trinajstić information content (AvgIpc) is 2.85. The first kappa shape index (κ1) is 9.21. The number of ether oxygens (including phenoxy) is 1. The van der Waals surface area contributed by atoms with Gasteiger partial charge in [0.15, 0.2) is 0 Å². The summed E-state index contributed by atoms with van der Waals surface area (Å²) in [6.45, 7) is 0. The topological polar surface area (TPSA) is 39.4 Å². The van der Waals surface area contributed by atoms with Crippen molar-refractivity contribution < 1.29 is 13.9 Å². The van der Waals surface area contributed by atoms with Gasteiger partial charge in [-0.05, 0) is 12.1 Å². The van der Waals surface area contributed by atoms with Crippen LogP contribution in [0.1, 0.15) is 11.3 Å². The fourth-order valence-corrected chi connectivity index (χ4v) is 2.08. The Balaban J connectivity index is 2.11. The lowest BCUT2D eigenvalue weighted by Crippen LogP contribution is -2.04. The van der Waals surface area contributed by atoms with Gasteiger partial charge in [-0.2, -0.15) is 0 Å². The summed E-state index contributed by atoms with van der Waals surface area (Å²) in [5, 5.41) is 1.08. The highest BCUT2D eigenvalue weighted by Gasteiger charge is 2.24. The van der Waals surface area contributed by atoms with E-state index in [4.69, 9.17) is 9.15 Å². The van der Waals surface area contributed by atoms with E-state index in [-0.39, 0.29) is 5.97 Å². The van der Waals surface area contributed by atoms with Gasteiger partial charge in [-0.25, -0.2) is 4.79 Å². The van der Waals surface area contributed by atoms with E-state index in [2.05, 4.69) is 0 Å². The number of benzene rings is 1. The van der Waals surface area contributed by atoms with E-state index in [1.165, 1.54) is 7.11 Å². The molecule has 1 aliphatic rings. The summed E-state index contributed by atoms with van der Waals surface area (Å²) >= 11 is 0. The third kappa shape index (κ3) is 1.18. The summed E-state index contributed by atoms with van der Waals surface area (Å²) in [7, 11) is 1.39. The van der Waals surface area contributed by atoms with E-state index >= 15 is 0 Å². The molecule has 0 unspecified atom stereocenters. The minimum absolute atomic E-state index is 0.282. The maximum Gasteiger partial charge on any atom is 0.334 e. The summed E-state index contributed by atoms with van der Waals surface area (Å²) in [6, 6.07) is 7.84. The molecule has 2 aromatic rings. The number of methoxy groups -OCH3 is 1. The highest BCUT2D eigenvalue weighted by atomic mass is 16.5. The van der Waals surface area contributed by atoms with Crippen molar-refractivity contribution in [1.82, 2.24) is 0 Å². The van der Waals surface area contributed by atoms with Crippen LogP contribution in [0.15, 0.2) is 34.3 Å². The average molecular weight is 214 g/mol. The van der Waals surface area contributed by atoms with E-state index in [0.29, 0.717) is 12.0 Å². The minimum Gasteiger partial charge on any atom is -0.466 e. The first-order valence-electron chi connectivity index (χ1n) is 5.09. The van der Waals surface area contributed by atoms with E-state index in [9.17, 15) is 4.79 Å². The van der Waals surface area contributed by atoms with Crippen molar-refractivity contribution in [3.05, 3.63) is 41.2 Å². The molecule has 0 radical (unpaired) electrons. The van der Waals surface area contributed by atoms with Crippen molar-refractivity contribution in [1.29, 1.82) is 0 Å². The Morgan fingerprint density at radius 2 is 2.19 bits per heavy atom. The number of fused-ring (bicyclic) bond motifs is 3. The van der Waals surface area contributed by atoms with Crippen LogP contribution in [-0.4, -0.2) is 13.1 Å². The number of para-hydroxylation sites is 1. The van der Waals surface area contributed by atoms with Gasteiger partial charge in [-0.1, -0.05) is 18.2 Å². The molecule has 1 aromatic carbocycles. The molecule has 0 saturated carbocycles. The molecule has 0 spiro atoms. The summed E-state index contributed by atoms with van der Waals surface area (Å²) in [5.74, 6) is 0.497. The zero-order valence-corrected chi connectivity index (χ0v) is 8.82. The van der Waals surface area contributed by atoms with Gasteiger partial charge >= 0.3 is 5.97 Å². The smallest absolute Gasteiger partial charge is 0.334 e. The normalized spacial score (nSPS) is 13.7. The molecule has 3 rings (SSSR count). The molecule has 0 amide bonds. The molecule has 0 N–H and O–H groups in total. The zero-order chi connectivity index (χ0) is 11.1. The van der Waals surface area contributed by atoms with Gasteiger partial charge in [0.05, 0.1) is 7.11 Å². The molecule has 16 heavy (non-hydrogen) atoms. The zero-order valence-electron chi connectivity index (χ0n) is 8.82. The number of rotatable bonds is 1. The standard InChI is InChI=1S/C13H10O3/c1-15-13(14)8-6-10-9-4-2-3-5-11(9)16-12(10)7-8/h2-5,7H,6H2,1H3. The summed E-state index contributed by atoms with van der Waals surface area (Å²) in [5.41, 5.74) is 2.60. The van der Waals surface area contributed by atoms with Gasteiger partial charge < -0.3 is 9.15 Å². The Bertz CT molecular complexity index is 605. The summed E-state index contributed by atoms with van der Waals surface area (Å²) in [6.07, 6.45) is 2.36. The maximum absolute atomic E-state index is 11.4. The molecule has 3 nitrogen and oxygen atoms in total. The fraction of sp³-hybridized carbons (Fsp3) is 0.154. The van der Waals surface area contributed by atoms with Crippen LogP contribution < -0.4 is 0 Å². The van der Waals surface area contributed by atoms with E-state index in [1.807, 2.05) is 24.3 Å². The van der Waals surface area contributed by atoms with Crippen LogP contribution in [0.2, 0.25) is 0 Å². The fourth-order valence-electron chi connectivity index (χ4n) is 2.08. The molecule has 80 valence electrons. The number of carbonyl (C=O) groups is 1. The molecular formula is C13H10O3. The molecule has 0 saturated heterocycles. The number of carbonyl (C=O) groups excluding carboxylic acids is 1. The van der Waals surface area contributed by atoms with Crippen LogP contribution in [0, 0.1) is 0 Å². The number of esters is 1. The maximum atomic E-state index is 11.4. The Morgan fingerprint density at radius 1 is 1.38 bits per heavy atom. The molecular weight excluding hydrogens is 204 g/mol. The second kappa shape index (κ2) is 3.23. The van der Waals surface area contributed by atoms with E-state index in [0.717, 1.165) is 22.3 Å². The van der Waals surface area contributed by atoms with Crippen LogP contribution in [0.4, 0.5) is 0 Å². The van der Waals surface area contributed by atoms with Crippen LogP contribution in [0.3, 0.4) is 0 Å². The lowest BCUT2D eigenvalue weighted by molar-refractivity contribution is -0.136. The van der Waals surface area contributed by atoms with Crippen molar-refractivity contribution in [3.8, 4) is 0 Å². The van der Waals surface area contributed by atoms with Crippen molar-refractivity contribution >= 4 is 23.0 Å². The van der Waals surface area contributed by atoms with Gasteiger partial charge in [-0.15, -0.1) is 0 Å². The Kier molecular flexibility index (Phi) is 1.86. The van der Waals surface area contributed by atoms with Gasteiger partial charge in [0.1, 0.15) is 11.3 Å². The van der Waals surface area contributed by atoms with E-state index < -0.39 is 0 Å². The Morgan fingerprint density at radius 3 is 3.00 bits per heavy atom. The van der Waals surface area contributed by atoms with Crippen LogP contribution >= 0.6 is 0 Å². The van der Waals surface area contributed by atoms with Gasteiger partial charge in [0.25, 0.3) is 0 Å². The molecule has 3 heteroatoms. The van der Waals surface area contributed by atoms with Gasteiger partial charge in [-0.3, -0.25) is 0 Å². The monoisotopic (exact) mass is 214 g/mol. The highest BCUT2D eigenvalue weighted by Crippen LogP contribution is 2.34. The Labute approximate surface area is 92.3 Å². The lowest BCUT2D eigenvalue weighted by atomic mass is 10.1. The Hall–Kier alpha value is -2.03. The molecule has 0 fully saturated rings. The van der Waals surface area contributed by atoms with Crippen molar-refractivity contribution in [2.24, 2.45) is 0 Å². The number of furan rings is 1. The first-order valence-corrected chi connectivity index (χ1v) is 5.09.